The van der Waals surface area contributed by atoms with Crippen LogP contribution in [0.3, 0.4) is 0 Å². The van der Waals surface area contributed by atoms with Gasteiger partial charge in [0.2, 0.25) is 0 Å². The van der Waals surface area contributed by atoms with Crippen molar-refractivity contribution in [2.75, 3.05) is 20.7 Å². The Morgan fingerprint density at radius 3 is 2.22 bits per heavy atom. The van der Waals surface area contributed by atoms with E-state index >= 15 is 0 Å². The first-order chi connectivity index (χ1) is 21.2. The highest BCUT2D eigenvalue weighted by Crippen LogP contribution is 2.38. The van der Waals surface area contributed by atoms with Crippen LogP contribution in [0.2, 0.25) is 0 Å². The lowest BCUT2D eigenvalue weighted by atomic mass is 10.1. The second-order valence-electron chi connectivity index (χ2n) is 10.1. The van der Waals surface area contributed by atoms with E-state index in [2.05, 4.69) is 9.72 Å². The molecule has 0 spiro atoms. The van der Waals surface area contributed by atoms with Crippen molar-refractivity contribution in [1.82, 2.24) is 19.0 Å². The second kappa shape index (κ2) is 12.2. The highest BCUT2D eigenvalue weighted by atomic mass is 32.1. The zero-order valence-corrected chi connectivity index (χ0v) is 24.3. The van der Waals surface area contributed by atoms with E-state index in [1.807, 2.05) is 0 Å². The summed E-state index contributed by atoms with van der Waals surface area (Å²) in [5.74, 6) is -2.41. The van der Waals surface area contributed by atoms with E-state index in [1.54, 1.807) is 19.0 Å². The van der Waals surface area contributed by atoms with Crippen molar-refractivity contribution in [3.63, 3.8) is 0 Å². The molecule has 234 valence electrons. The van der Waals surface area contributed by atoms with Gasteiger partial charge >= 0.3 is 11.9 Å². The molecule has 45 heavy (non-hydrogen) atoms. The molecule has 0 radical (unpaired) electrons. The fourth-order valence-electron chi connectivity index (χ4n) is 4.64. The molecule has 0 unspecified atom stereocenters. The van der Waals surface area contributed by atoms with Crippen LogP contribution in [0.5, 0.6) is 5.75 Å². The summed E-state index contributed by atoms with van der Waals surface area (Å²) in [5.41, 5.74) is -1.55. The van der Waals surface area contributed by atoms with Crippen LogP contribution in [0.4, 0.5) is 27.6 Å². The summed E-state index contributed by atoms with van der Waals surface area (Å²) in [6, 6.07) is 11.0. The fourth-order valence-corrected chi connectivity index (χ4v) is 5.94. The molecule has 0 N–H and O–H groups in total. The molecule has 0 atom stereocenters. The number of non-ortho nitro benzene ring substituents is 1. The maximum absolute atomic E-state index is 14.8. The first-order valence-electron chi connectivity index (χ1n) is 13.0. The molecule has 0 aliphatic rings. The monoisotopic (exact) mass is 647 g/mol. The van der Waals surface area contributed by atoms with Crippen molar-refractivity contribution >= 4 is 27.2 Å². The number of nitro benzene ring substituents is 1. The second-order valence-corrected chi connectivity index (χ2v) is 11.1. The number of hydrogen-bond acceptors (Lipinski definition) is 8. The zero-order valence-electron chi connectivity index (χ0n) is 23.5. The number of ether oxygens (including phenoxy) is 1. The molecule has 0 saturated heterocycles. The number of aromatic nitrogens is 3. The Balaban J connectivity index is 1.79. The molecule has 0 fully saturated rings. The number of fused-ring (bicyclic) bond motifs is 1. The van der Waals surface area contributed by atoms with Gasteiger partial charge in [0.05, 0.1) is 23.1 Å². The summed E-state index contributed by atoms with van der Waals surface area (Å²) < 4.78 is 73.8. The lowest BCUT2D eigenvalue weighted by Crippen LogP contribution is -2.39. The molecule has 0 aliphatic carbocycles. The first kappa shape index (κ1) is 31.5. The number of alkyl halides is 3. The molecule has 5 aromatic rings. The minimum absolute atomic E-state index is 0.0256. The lowest BCUT2D eigenvalue weighted by molar-refractivity contribution is -0.384. The smallest absolute Gasteiger partial charge is 0.422 e. The van der Waals surface area contributed by atoms with Crippen LogP contribution in [0.1, 0.15) is 11.1 Å². The standard InChI is InChI=1S/C29H22F5N5O5S/c1-36(2)13-20-24-26(40)38(23-11-10-18(12-35-23)44-15-29(32,33)34)28(41)37(14-19-21(30)4-3-5-22(19)31)27(24)45-25(20)16-6-8-17(9-7-16)39(42)43/h3-12H,13-15H2,1-2H3. The van der Waals surface area contributed by atoms with Crippen LogP contribution in [0, 0.1) is 21.7 Å². The van der Waals surface area contributed by atoms with E-state index in [0.29, 0.717) is 20.6 Å². The Bertz CT molecular complexity index is 2000. The molecular formula is C29H22F5N5O5S. The van der Waals surface area contributed by atoms with Crippen LogP contribution < -0.4 is 16.0 Å². The van der Waals surface area contributed by atoms with Crippen molar-refractivity contribution in [3.8, 4) is 22.0 Å². The van der Waals surface area contributed by atoms with Crippen molar-refractivity contribution in [3.05, 3.63) is 115 Å². The number of thiophene rings is 1. The number of halogens is 5. The number of nitro groups is 1. The van der Waals surface area contributed by atoms with Gasteiger partial charge < -0.3 is 9.64 Å². The van der Waals surface area contributed by atoms with Crippen LogP contribution in [0.15, 0.2) is 70.4 Å². The molecule has 2 aromatic carbocycles. The predicted molar refractivity (Wildman–Crippen MR) is 156 cm³/mol. The highest BCUT2D eigenvalue weighted by molar-refractivity contribution is 7.22. The topological polar surface area (TPSA) is 112 Å². The zero-order chi connectivity index (χ0) is 32.6. The van der Waals surface area contributed by atoms with Crippen molar-refractivity contribution in [1.29, 1.82) is 0 Å². The molecule has 0 aliphatic heterocycles. The SMILES string of the molecule is CN(C)Cc1c(-c2ccc([N+](=O)[O-])cc2)sc2c1c(=O)n(-c1ccc(OCC(F)(F)F)cn1)c(=O)n2Cc1c(F)cccc1F. The van der Waals surface area contributed by atoms with Crippen LogP contribution in [-0.4, -0.2) is 50.8 Å². The van der Waals surface area contributed by atoms with Crippen LogP contribution in [0.25, 0.3) is 26.5 Å². The number of pyridine rings is 1. The Labute approximate surface area is 254 Å². The first-order valence-corrected chi connectivity index (χ1v) is 13.9. The average molecular weight is 648 g/mol. The summed E-state index contributed by atoms with van der Waals surface area (Å²) in [5, 5.41) is 11.3. The Morgan fingerprint density at radius 2 is 1.67 bits per heavy atom. The molecule has 3 heterocycles. The third-order valence-electron chi connectivity index (χ3n) is 6.62. The van der Waals surface area contributed by atoms with E-state index in [0.717, 1.165) is 52.4 Å². The molecule has 0 bridgehead atoms. The van der Waals surface area contributed by atoms with E-state index in [4.69, 9.17) is 0 Å². The van der Waals surface area contributed by atoms with Gasteiger partial charge in [-0.05, 0) is 61.6 Å². The number of hydrogen-bond donors (Lipinski definition) is 0. The van der Waals surface area contributed by atoms with E-state index in [9.17, 15) is 41.7 Å². The summed E-state index contributed by atoms with van der Waals surface area (Å²) >= 11 is 0.996. The minimum atomic E-state index is -4.61. The van der Waals surface area contributed by atoms with E-state index < -0.39 is 52.7 Å². The van der Waals surface area contributed by atoms with E-state index in [-0.39, 0.29) is 34.0 Å². The predicted octanol–water partition coefficient (Wildman–Crippen LogP) is 5.51. The average Bonchev–Trinajstić information content (AvgIpc) is 3.34. The van der Waals surface area contributed by atoms with Gasteiger partial charge in [-0.15, -0.1) is 11.3 Å². The molecule has 16 heteroatoms. The summed E-state index contributed by atoms with van der Waals surface area (Å²) in [7, 11) is 3.46. The van der Waals surface area contributed by atoms with Gasteiger partial charge in [-0.1, -0.05) is 6.07 Å². The Hall–Kier alpha value is -4.96. The molecule has 0 saturated carbocycles. The maximum atomic E-state index is 14.8. The minimum Gasteiger partial charge on any atom is -0.483 e. The molecule has 10 nitrogen and oxygen atoms in total. The normalized spacial score (nSPS) is 11.8. The van der Waals surface area contributed by atoms with Crippen molar-refractivity contribution in [2.45, 2.75) is 19.3 Å². The summed E-state index contributed by atoms with van der Waals surface area (Å²) in [6.45, 7) is -2.05. The fraction of sp³-hybridized carbons (Fsp3) is 0.207. The maximum Gasteiger partial charge on any atom is 0.422 e. The Kier molecular flexibility index (Phi) is 8.53. The van der Waals surface area contributed by atoms with E-state index in [1.165, 1.54) is 24.3 Å². The number of benzene rings is 2. The molecular weight excluding hydrogens is 625 g/mol. The van der Waals surface area contributed by atoms with Gasteiger partial charge in [0.1, 0.15) is 28.0 Å². The number of nitrogens with zero attached hydrogens (tertiary/aromatic N) is 5. The third-order valence-corrected chi connectivity index (χ3v) is 7.92. The Morgan fingerprint density at radius 1 is 1.00 bits per heavy atom. The summed E-state index contributed by atoms with van der Waals surface area (Å²) in [4.78, 5) is 45.0. The highest BCUT2D eigenvalue weighted by Gasteiger charge is 2.29. The lowest BCUT2D eigenvalue weighted by Gasteiger charge is -2.15. The largest absolute Gasteiger partial charge is 0.483 e. The molecule has 5 rings (SSSR count). The van der Waals surface area contributed by atoms with Gasteiger partial charge in [0, 0.05) is 29.1 Å². The van der Waals surface area contributed by atoms with Gasteiger partial charge in [0.15, 0.2) is 6.61 Å². The molecule has 3 aromatic heterocycles. The third kappa shape index (κ3) is 6.46. The van der Waals surface area contributed by atoms with Gasteiger partial charge in [0.25, 0.3) is 11.2 Å². The quantitative estimate of drug-likeness (QED) is 0.118. The van der Waals surface area contributed by atoms with Crippen molar-refractivity contribution in [2.24, 2.45) is 0 Å². The number of rotatable bonds is 9. The van der Waals surface area contributed by atoms with Gasteiger partial charge in [-0.2, -0.15) is 13.2 Å². The van der Waals surface area contributed by atoms with Crippen LogP contribution >= 0.6 is 11.3 Å². The van der Waals surface area contributed by atoms with Gasteiger partial charge in [-0.3, -0.25) is 19.5 Å². The van der Waals surface area contributed by atoms with Gasteiger partial charge in [-0.25, -0.2) is 23.1 Å². The van der Waals surface area contributed by atoms with Crippen molar-refractivity contribution < 1.29 is 31.6 Å². The molecule has 0 amide bonds. The van der Waals surface area contributed by atoms with Crippen LogP contribution in [-0.2, 0) is 13.1 Å². The summed E-state index contributed by atoms with van der Waals surface area (Å²) in [6.07, 6.45) is -3.70.